The van der Waals surface area contributed by atoms with Crippen molar-refractivity contribution in [2.75, 3.05) is 26.2 Å². The number of fused-ring (bicyclic) bond motifs is 1. The van der Waals surface area contributed by atoms with Gasteiger partial charge in [0.1, 0.15) is 12.2 Å². The average molecular weight is 480 g/mol. The summed E-state index contributed by atoms with van der Waals surface area (Å²) in [6, 6.07) is 3.41. The zero-order valence-corrected chi connectivity index (χ0v) is 22.0. The molecular weight excluding hydrogens is 442 g/mol. The molecule has 0 atom stereocenters. The van der Waals surface area contributed by atoms with Crippen molar-refractivity contribution in [3.8, 4) is 17.3 Å². The lowest BCUT2D eigenvalue weighted by Crippen LogP contribution is -2.33. The second-order valence-electron chi connectivity index (χ2n) is 10.6. The van der Waals surface area contributed by atoms with E-state index in [1.54, 1.807) is 4.68 Å². The first-order valence-corrected chi connectivity index (χ1v) is 16.1. The monoisotopic (exact) mass is 479 g/mol. The number of nitriles is 1. The summed E-state index contributed by atoms with van der Waals surface area (Å²) < 4.78 is 10.0. The summed E-state index contributed by atoms with van der Waals surface area (Å²) in [5, 5.41) is 13.1. The number of aromatic nitrogens is 5. The van der Waals surface area contributed by atoms with Crippen LogP contribution >= 0.6 is 0 Å². The van der Waals surface area contributed by atoms with E-state index in [-0.39, 0.29) is 0 Å². The van der Waals surface area contributed by atoms with Crippen molar-refractivity contribution in [3.05, 3.63) is 30.4 Å². The molecule has 0 N–H and O–H groups in total. The van der Waals surface area contributed by atoms with Gasteiger partial charge in [-0.15, -0.1) is 0 Å². The lowest BCUT2D eigenvalue weighted by atomic mass is 9.90. The maximum Gasteiger partial charge on any atom is 0.160 e. The maximum atomic E-state index is 8.82. The van der Waals surface area contributed by atoms with E-state index in [4.69, 9.17) is 20.0 Å². The van der Waals surface area contributed by atoms with Gasteiger partial charge in [0, 0.05) is 51.7 Å². The second kappa shape index (κ2) is 10.8. The van der Waals surface area contributed by atoms with Gasteiger partial charge in [-0.05, 0) is 50.9 Å². The summed E-state index contributed by atoms with van der Waals surface area (Å²) in [6.45, 7) is 11.5. The molecule has 0 unspecified atom stereocenters. The molecule has 0 amide bonds. The van der Waals surface area contributed by atoms with Gasteiger partial charge in [-0.1, -0.05) is 19.6 Å². The number of rotatable bonds is 10. The Kier molecular flexibility index (Phi) is 7.81. The van der Waals surface area contributed by atoms with Gasteiger partial charge in [0.2, 0.25) is 0 Å². The number of ether oxygens (including phenoxy) is 1. The summed E-state index contributed by atoms with van der Waals surface area (Å²) in [6.07, 6.45) is 11.7. The van der Waals surface area contributed by atoms with Gasteiger partial charge in [0.15, 0.2) is 5.65 Å². The fraction of sp³-hybridized carbons (Fsp3) is 0.600. The van der Waals surface area contributed by atoms with Gasteiger partial charge in [0.05, 0.1) is 24.2 Å². The van der Waals surface area contributed by atoms with Crippen LogP contribution < -0.4 is 0 Å². The van der Waals surface area contributed by atoms with Gasteiger partial charge >= 0.3 is 0 Å². The highest BCUT2D eigenvalue weighted by Crippen LogP contribution is 2.34. The van der Waals surface area contributed by atoms with Crippen molar-refractivity contribution < 1.29 is 4.74 Å². The van der Waals surface area contributed by atoms with E-state index in [1.165, 1.54) is 5.56 Å². The Morgan fingerprint density at radius 3 is 2.65 bits per heavy atom. The van der Waals surface area contributed by atoms with Crippen LogP contribution in [0.2, 0.25) is 25.7 Å². The molecule has 0 radical (unpaired) electrons. The van der Waals surface area contributed by atoms with Crippen molar-refractivity contribution in [1.29, 1.82) is 5.26 Å². The van der Waals surface area contributed by atoms with Crippen LogP contribution in [0.4, 0.5) is 0 Å². The molecule has 1 saturated heterocycles. The van der Waals surface area contributed by atoms with Crippen LogP contribution in [-0.4, -0.2) is 63.5 Å². The second-order valence-corrected chi connectivity index (χ2v) is 16.2. The molecule has 0 aromatic carbocycles. The van der Waals surface area contributed by atoms with Crippen molar-refractivity contribution in [2.45, 2.75) is 64.0 Å². The molecule has 34 heavy (non-hydrogen) atoms. The lowest BCUT2D eigenvalue weighted by molar-refractivity contribution is 0.0897. The fourth-order valence-corrected chi connectivity index (χ4v) is 5.31. The SMILES string of the molecule is Cn1cc(-c2cnc3c(n2)c(C2CCN(CCCC#N)CC2)cn3COCC[Si](C)(C)C)cn1. The smallest absolute Gasteiger partial charge is 0.160 e. The Morgan fingerprint density at radius 1 is 1.18 bits per heavy atom. The van der Waals surface area contributed by atoms with E-state index in [1.807, 2.05) is 25.6 Å². The molecule has 182 valence electrons. The molecule has 4 heterocycles. The molecule has 1 aliphatic rings. The minimum Gasteiger partial charge on any atom is -0.361 e. The standard InChI is InChI=1S/C25H37N7OSi/c1-30-17-21(15-28-30)23-16-27-25-24(29-23)22(18-32(25)19-33-13-14-34(2,3)4)20-7-11-31(12-8-20)10-6-5-9-26/h15-18,20H,5-8,10-14,19H2,1-4H3. The third-order valence-electron chi connectivity index (χ3n) is 6.61. The Morgan fingerprint density at radius 2 is 1.97 bits per heavy atom. The van der Waals surface area contributed by atoms with Crippen molar-refractivity contribution in [2.24, 2.45) is 7.05 Å². The highest BCUT2D eigenvalue weighted by atomic mass is 28.3. The summed E-state index contributed by atoms with van der Waals surface area (Å²) in [5.41, 5.74) is 4.99. The minimum atomic E-state index is -1.13. The number of unbranched alkanes of at least 4 members (excludes halogenated alkanes) is 1. The quantitative estimate of drug-likeness (QED) is 0.311. The first kappa shape index (κ1) is 24.6. The summed E-state index contributed by atoms with van der Waals surface area (Å²) in [7, 11) is 0.791. The Balaban J connectivity index is 1.55. The maximum absolute atomic E-state index is 8.82. The number of nitrogens with zero attached hydrogens (tertiary/aromatic N) is 7. The first-order chi connectivity index (χ1) is 16.3. The predicted molar refractivity (Wildman–Crippen MR) is 137 cm³/mol. The highest BCUT2D eigenvalue weighted by molar-refractivity contribution is 6.76. The van der Waals surface area contributed by atoms with E-state index in [9.17, 15) is 0 Å². The molecular formula is C25H37N7OSi. The van der Waals surface area contributed by atoms with E-state index in [2.05, 4.69) is 46.5 Å². The highest BCUT2D eigenvalue weighted by Gasteiger charge is 2.25. The largest absolute Gasteiger partial charge is 0.361 e. The molecule has 0 aliphatic carbocycles. The average Bonchev–Trinajstić information content (AvgIpc) is 3.40. The predicted octanol–water partition coefficient (Wildman–Crippen LogP) is 4.63. The van der Waals surface area contributed by atoms with Crippen LogP contribution in [0, 0.1) is 11.3 Å². The van der Waals surface area contributed by atoms with Crippen LogP contribution in [-0.2, 0) is 18.5 Å². The normalized spacial score (nSPS) is 15.7. The van der Waals surface area contributed by atoms with Crippen LogP contribution in [0.15, 0.2) is 24.8 Å². The molecule has 1 aliphatic heterocycles. The van der Waals surface area contributed by atoms with Gasteiger partial charge in [0.25, 0.3) is 0 Å². The molecule has 3 aromatic heterocycles. The Labute approximate surface area is 203 Å². The van der Waals surface area contributed by atoms with E-state index in [0.717, 1.165) is 74.0 Å². The van der Waals surface area contributed by atoms with E-state index in [0.29, 0.717) is 19.1 Å². The van der Waals surface area contributed by atoms with Crippen molar-refractivity contribution in [3.63, 3.8) is 0 Å². The number of hydrogen-bond donors (Lipinski definition) is 0. The topological polar surface area (TPSA) is 84.8 Å². The van der Waals surface area contributed by atoms with Crippen molar-refractivity contribution in [1.82, 2.24) is 29.2 Å². The third-order valence-corrected chi connectivity index (χ3v) is 8.32. The van der Waals surface area contributed by atoms with Crippen molar-refractivity contribution >= 4 is 19.2 Å². The first-order valence-electron chi connectivity index (χ1n) is 12.4. The van der Waals surface area contributed by atoms with Gasteiger partial charge in [-0.25, -0.2) is 9.97 Å². The molecule has 4 rings (SSSR count). The summed E-state index contributed by atoms with van der Waals surface area (Å²) in [5.74, 6) is 0.455. The van der Waals surface area contributed by atoms with Gasteiger partial charge in [-0.3, -0.25) is 4.68 Å². The Bertz CT molecular complexity index is 1130. The van der Waals surface area contributed by atoms with Crippen LogP contribution in [0.1, 0.15) is 37.2 Å². The molecule has 0 saturated carbocycles. The number of aryl methyl sites for hydroxylation is 1. The number of likely N-dealkylation sites (tertiary alicyclic amines) is 1. The minimum absolute atomic E-state index is 0.455. The molecule has 9 heteroatoms. The molecule has 8 nitrogen and oxygen atoms in total. The molecule has 0 spiro atoms. The molecule has 1 fully saturated rings. The van der Waals surface area contributed by atoms with Gasteiger partial charge in [-0.2, -0.15) is 10.4 Å². The van der Waals surface area contributed by atoms with Gasteiger partial charge < -0.3 is 14.2 Å². The van der Waals surface area contributed by atoms with Crippen LogP contribution in [0.5, 0.6) is 0 Å². The molecule has 3 aromatic rings. The number of piperidine rings is 1. The lowest BCUT2D eigenvalue weighted by Gasteiger charge is -2.31. The van der Waals surface area contributed by atoms with Crippen LogP contribution in [0.25, 0.3) is 22.4 Å². The zero-order chi connectivity index (χ0) is 24.1. The van der Waals surface area contributed by atoms with E-state index >= 15 is 0 Å². The van der Waals surface area contributed by atoms with Crippen LogP contribution in [0.3, 0.4) is 0 Å². The number of hydrogen-bond acceptors (Lipinski definition) is 6. The third kappa shape index (κ3) is 6.12. The van der Waals surface area contributed by atoms with E-state index < -0.39 is 8.07 Å². The Hall–Kier alpha value is -2.54. The zero-order valence-electron chi connectivity index (χ0n) is 21.0. The molecule has 0 bridgehead atoms. The fourth-order valence-electron chi connectivity index (χ4n) is 4.56. The summed E-state index contributed by atoms with van der Waals surface area (Å²) in [4.78, 5) is 12.4. The summed E-state index contributed by atoms with van der Waals surface area (Å²) >= 11 is 0.